The number of benzene rings is 4. The standard InChI is InChI=1S/C30H30N2O2/c1-21(2)20-34-27-17-16-23-12-6-7-13-24(23)28(27)29-31-26-15-9-8-14-25(26)30(33)32(29)19-18-22-10-4-3-5-11-22/h3-17,21,29,31H,18-20H2,1-2H3. The highest BCUT2D eigenvalue weighted by Crippen LogP contribution is 2.40. The van der Waals surface area contributed by atoms with Crippen molar-refractivity contribution in [2.75, 3.05) is 18.5 Å². The Morgan fingerprint density at radius 3 is 2.44 bits per heavy atom. The zero-order valence-corrected chi connectivity index (χ0v) is 19.7. The first kappa shape index (κ1) is 22.0. The summed E-state index contributed by atoms with van der Waals surface area (Å²) in [5.74, 6) is 1.26. The van der Waals surface area contributed by atoms with E-state index >= 15 is 0 Å². The van der Waals surface area contributed by atoms with E-state index in [-0.39, 0.29) is 12.1 Å². The maximum absolute atomic E-state index is 13.8. The summed E-state index contributed by atoms with van der Waals surface area (Å²) in [4.78, 5) is 15.7. The van der Waals surface area contributed by atoms with Crippen molar-refractivity contribution in [1.29, 1.82) is 0 Å². The van der Waals surface area contributed by atoms with E-state index in [9.17, 15) is 4.79 Å². The van der Waals surface area contributed by atoms with E-state index in [0.29, 0.717) is 24.6 Å². The largest absolute Gasteiger partial charge is 0.493 e. The Kier molecular flexibility index (Phi) is 6.22. The van der Waals surface area contributed by atoms with E-state index in [1.807, 2.05) is 65.6 Å². The molecular formula is C30H30N2O2. The Hall–Kier alpha value is -3.79. The van der Waals surface area contributed by atoms with Gasteiger partial charge in [0.15, 0.2) is 0 Å². The lowest BCUT2D eigenvalue weighted by Crippen LogP contribution is -2.44. The molecule has 1 heterocycles. The molecule has 0 radical (unpaired) electrons. The second kappa shape index (κ2) is 9.60. The zero-order chi connectivity index (χ0) is 23.5. The molecule has 1 N–H and O–H groups in total. The van der Waals surface area contributed by atoms with Crippen molar-refractivity contribution >= 4 is 22.4 Å². The molecule has 34 heavy (non-hydrogen) atoms. The van der Waals surface area contributed by atoms with Crippen LogP contribution in [0.15, 0.2) is 91.0 Å². The average Bonchev–Trinajstić information content (AvgIpc) is 2.87. The Bertz CT molecular complexity index is 1300. The fourth-order valence-corrected chi connectivity index (χ4v) is 4.59. The van der Waals surface area contributed by atoms with E-state index < -0.39 is 0 Å². The minimum atomic E-state index is -0.334. The van der Waals surface area contributed by atoms with Crippen LogP contribution in [0.3, 0.4) is 0 Å². The van der Waals surface area contributed by atoms with Gasteiger partial charge in [0.2, 0.25) is 0 Å². The molecule has 4 heteroatoms. The summed E-state index contributed by atoms with van der Waals surface area (Å²) in [7, 11) is 0. The van der Waals surface area contributed by atoms with Gasteiger partial charge in [-0.15, -0.1) is 0 Å². The van der Waals surface area contributed by atoms with Gasteiger partial charge in [0, 0.05) is 17.8 Å². The molecule has 0 aliphatic carbocycles. The number of para-hydroxylation sites is 1. The van der Waals surface area contributed by atoms with Crippen LogP contribution in [0.25, 0.3) is 10.8 Å². The third kappa shape index (κ3) is 4.36. The van der Waals surface area contributed by atoms with Gasteiger partial charge >= 0.3 is 0 Å². The monoisotopic (exact) mass is 450 g/mol. The maximum atomic E-state index is 13.8. The van der Waals surface area contributed by atoms with E-state index in [4.69, 9.17) is 4.74 Å². The SMILES string of the molecule is CC(C)COc1ccc2ccccc2c1C1Nc2ccccc2C(=O)N1CCc1ccccc1. The molecule has 0 spiro atoms. The first-order valence-electron chi connectivity index (χ1n) is 12.0. The quantitative estimate of drug-likeness (QED) is 0.341. The van der Waals surface area contributed by atoms with Crippen molar-refractivity contribution in [1.82, 2.24) is 4.90 Å². The van der Waals surface area contributed by atoms with Crippen LogP contribution in [0.2, 0.25) is 0 Å². The molecule has 4 nitrogen and oxygen atoms in total. The highest BCUT2D eigenvalue weighted by atomic mass is 16.5. The van der Waals surface area contributed by atoms with E-state index in [1.54, 1.807) is 0 Å². The smallest absolute Gasteiger partial charge is 0.257 e. The predicted molar refractivity (Wildman–Crippen MR) is 138 cm³/mol. The molecule has 5 rings (SSSR count). The van der Waals surface area contributed by atoms with Crippen LogP contribution in [-0.2, 0) is 6.42 Å². The van der Waals surface area contributed by atoms with Crippen LogP contribution < -0.4 is 10.1 Å². The number of carbonyl (C=O) groups is 1. The molecule has 0 fully saturated rings. The fourth-order valence-electron chi connectivity index (χ4n) is 4.59. The van der Waals surface area contributed by atoms with Crippen molar-refractivity contribution in [2.45, 2.75) is 26.4 Å². The van der Waals surface area contributed by atoms with Gasteiger partial charge in [0.05, 0.1) is 12.2 Å². The number of nitrogens with zero attached hydrogens (tertiary/aromatic N) is 1. The highest BCUT2D eigenvalue weighted by molar-refractivity contribution is 6.02. The molecule has 1 atom stereocenters. The van der Waals surface area contributed by atoms with E-state index in [2.05, 4.69) is 49.5 Å². The van der Waals surface area contributed by atoms with Crippen LogP contribution in [0.4, 0.5) is 5.69 Å². The highest BCUT2D eigenvalue weighted by Gasteiger charge is 2.35. The van der Waals surface area contributed by atoms with Gasteiger partial charge in [-0.25, -0.2) is 0 Å². The molecule has 1 aliphatic rings. The number of fused-ring (bicyclic) bond motifs is 2. The van der Waals surface area contributed by atoms with Crippen LogP contribution in [0.5, 0.6) is 5.75 Å². The van der Waals surface area contributed by atoms with Crippen molar-refractivity contribution in [2.24, 2.45) is 5.92 Å². The number of amides is 1. The van der Waals surface area contributed by atoms with Gasteiger partial charge in [-0.1, -0.05) is 86.6 Å². The lowest BCUT2D eigenvalue weighted by Gasteiger charge is -2.39. The number of hydrogen-bond donors (Lipinski definition) is 1. The summed E-state index contributed by atoms with van der Waals surface area (Å²) in [6, 6.07) is 30.6. The van der Waals surface area contributed by atoms with Crippen molar-refractivity contribution in [3.63, 3.8) is 0 Å². The predicted octanol–water partition coefficient (Wildman–Crippen LogP) is 6.68. The number of nitrogens with one attached hydrogen (secondary N) is 1. The van der Waals surface area contributed by atoms with Crippen LogP contribution in [0, 0.1) is 5.92 Å². The number of anilines is 1. The van der Waals surface area contributed by atoms with Crippen molar-refractivity contribution < 1.29 is 9.53 Å². The summed E-state index contributed by atoms with van der Waals surface area (Å²) in [6.45, 7) is 5.51. The van der Waals surface area contributed by atoms with Crippen LogP contribution >= 0.6 is 0 Å². The maximum Gasteiger partial charge on any atom is 0.257 e. The number of hydrogen-bond acceptors (Lipinski definition) is 3. The van der Waals surface area contributed by atoms with E-state index in [0.717, 1.165) is 34.2 Å². The zero-order valence-electron chi connectivity index (χ0n) is 19.7. The fraction of sp³-hybridized carbons (Fsp3) is 0.233. The summed E-state index contributed by atoms with van der Waals surface area (Å²) >= 11 is 0. The first-order valence-corrected chi connectivity index (χ1v) is 12.0. The van der Waals surface area contributed by atoms with Gasteiger partial charge in [-0.2, -0.15) is 0 Å². The molecule has 0 saturated heterocycles. The summed E-state index contributed by atoms with van der Waals surface area (Å²) in [6.07, 6.45) is 0.444. The normalized spacial score (nSPS) is 15.3. The molecule has 0 aromatic heterocycles. The van der Waals surface area contributed by atoms with Gasteiger partial charge in [-0.3, -0.25) is 4.79 Å². The molecule has 0 saturated carbocycles. The molecule has 172 valence electrons. The second-order valence-corrected chi connectivity index (χ2v) is 9.23. The minimum absolute atomic E-state index is 0.0398. The molecule has 1 amide bonds. The van der Waals surface area contributed by atoms with Gasteiger partial charge in [0.25, 0.3) is 5.91 Å². The average molecular weight is 451 g/mol. The Balaban J connectivity index is 1.61. The molecule has 0 bridgehead atoms. The van der Waals surface area contributed by atoms with Gasteiger partial charge in [-0.05, 0) is 46.9 Å². The Morgan fingerprint density at radius 2 is 1.62 bits per heavy atom. The Labute approximate surface area is 201 Å². The third-order valence-electron chi connectivity index (χ3n) is 6.28. The molecule has 4 aromatic carbocycles. The lowest BCUT2D eigenvalue weighted by atomic mass is 9.97. The van der Waals surface area contributed by atoms with E-state index in [1.165, 1.54) is 5.56 Å². The number of carbonyl (C=O) groups excluding carboxylic acids is 1. The Morgan fingerprint density at radius 1 is 0.882 bits per heavy atom. The topological polar surface area (TPSA) is 41.6 Å². The first-order chi connectivity index (χ1) is 16.6. The van der Waals surface area contributed by atoms with Crippen LogP contribution in [-0.4, -0.2) is 24.0 Å². The van der Waals surface area contributed by atoms with Crippen LogP contribution in [0.1, 0.15) is 41.5 Å². The number of ether oxygens (including phenoxy) is 1. The molecule has 1 aliphatic heterocycles. The molecule has 1 unspecified atom stereocenters. The third-order valence-corrected chi connectivity index (χ3v) is 6.28. The number of rotatable bonds is 7. The summed E-state index contributed by atoms with van der Waals surface area (Å²) in [5.41, 5.74) is 3.78. The lowest BCUT2D eigenvalue weighted by molar-refractivity contribution is 0.0684. The summed E-state index contributed by atoms with van der Waals surface area (Å²) in [5, 5.41) is 5.90. The van der Waals surface area contributed by atoms with Crippen molar-refractivity contribution in [3.05, 3.63) is 108 Å². The molecule has 4 aromatic rings. The van der Waals surface area contributed by atoms with Gasteiger partial charge < -0.3 is 15.0 Å². The summed E-state index contributed by atoms with van der Waals surface area (Å²) < 4.78 is 6.32. The molecular weight excluding hydrogens is 420 g/mol. The van der Waals surface area contributed by atoms with Gasteiger partial charge in [0.1, 0.15) is 11.9 Å². The minimum Gasteiger partial charge on any atom is -0.493 e. The second-order valence-electron chi connectivity index (χ2n) is 9.23. The van der Waals surface area contributed by atoms with Crippen molar-refractivity contribution in [3.8, 4) is 5.75 Å².